The van der Waals surface area contributed by atoms with Crippen LogP contribution in [0, 0.1) is 20.8 Å². The molecule has 1 amide bonds. The Kier molecular flexibility index (Phi) is 6.12. The highest BCUT2D eigenvalue weighted by molar-refractivity contribution is 8.18. The lowest BCUT2D eigenvalue weighted by molar-refractivity contribution is -0.115. The average Bonchev–Trinajstić information content (AvgIpc) is 3.25. The standard InChI is InChI=1S/C25H21N3O5S/c1-13-5-4-6-19(7-13)26-25-27-22(29)21(34-25)12-16-8-14(2)28(15(16)3)20-10-17(23(30)31)9-18(11-20)24(32)33/h4-12H,1-3H3,(H,30,31)(H,32,33)(H,26,27,29)/b21-12-. The lowest BCUT2D eigenvalue weighted by atomic mass is 10.1. The topological polar surface area (TPSA) is 121 Å². The van der Waals surface area contributed by atoms with Crippen LogP contribution in [-0.2, 0) is 4.79 Å². The molecule has 0 radical (unpaired) electrons. The summed E-state index contributed by atoms with van der Waals surface area (Å²) in [5.41, 5.74) is 4.25. The molecule has 0 unspecified atom stereocenters. The third kappa shape index (κ3) is 4.65. The van der Waals surface area contributed by atoms with Gasteiger partial charge in [-0.05, 0) is 86.1 Å². The van der Waals surface area contributed by atoms with Crippen LogP contribution in [0.3, 0.4) is 0 Å². The van der Waals surface area contributed by atoms with E-state index in [1.54, 1.807) is 10.6 Å². The van der Waals surface area contributed by atoms with E-state index < -0.39 is 11.9 Å². The summed E-state index contributed by atoms with van der Waals surface area (Å²) in [6.07, 6.45) is 1.75. The molecule has 0 bridgehead atoms. The number of rotatable bonds is 5. The van der Waals surface area contributed by atoms with Crippen LogP contribution in [-0.4, -0.2) is 37.8 Å². The van der Waals surface area contributed by atoms with E-state index in [2.05, 4.69) is 10.3 Å². The number of hydrogen-bond acceptors (Lipinski definition) is 5. The molecule has 2 heterocycles. The van der Waals surface area contributed by atoms with Crippen molar-refractivity contribution >= 4 is 46.5 Å². The minimum atomic E-state index is -1.21. The highest BCUT2D eigenvalue weighted by atomic mass is 32.2. The maximum Gasteiger partial charge on any atom is 0.335 e. The molecule has 1 saturated heterocycles. The number of benzene rings is 2. The second kappa shape index (κ2) is 9.03. The molecule has 172 valence electrons. The van der Waals surface area contributed by atoms with Crippen molar-refractivity contribution in [3.05, 3.63) is 87.1 Å². The fraction of sp³-hybridized carbons (Fsp3) is 0.120. The molecule has 0 spiro atoms. The van der Waals surface area contributed by atoms with Crippen molar-refractivity contribution in [2.45, 2.75) is 20.8 Å². The number of aromatic nitrogens is 1. The van der Waals surface area contributed by atoms with Gasteiger partial charge in [0, 0.05) is 17.1 Å². The summed E-state index contributed by atoms with van der Waals surface area (Å²) >= 11 is 1.23. The quantitative estimate of drug-likeness (QED) is 0.460. The zero-order chi connectivity index (χ0) is 24.6. The second-order valence-corrected chi connectivity index (χ2v) is 8.89. The van der Waals surface area contributed by atoms with Gasteiger partial charge in [0.15, 0.2) is 5.17 Å². The predicted octanol–water partition coefficient (Wildman–Crippen LogP) is 4.69. The monoisotopic (exact) mass is 475 g/mol. The molecule has 4 rings (SSSR count). The minimum Gasteiger partial charge on any atom is -0.478 e. The zero-order valence-corrected chi connectivity index (χ0v) is 19.4. The van der Waals surface area contributed by atoms with E-state index >= 15 is 0 Å². The van der Waals surface area contributed by atoms with Gasteiger partial charge in [-0.2, -0.15) is 0 Å². The number of nitrogens with zero attached hydrogens (tertiary/aromatic N) is 2. The Morgan fingerprint density at radius 1 is 1.00 bits per heavy atom. The van der Waals surface area contributed by atoms with Crippen molar-refractivity contribution in [2.75, 3.05) is 0 Å². The summed E-state index contributed by atoms with van der Waals surface area (Å²) in [5.74, 6) is -2.69. The Bertz CT molecular complexity index is 1390. The van der Waals surface area contributed by atoms with Crippen LogP contribution in [0.5, 0.6) is 0 Å². The molecular weight excluding hydrogens is 454 g/mol. The Balaban J connectivity index is 1.70. The van der Waals surface area contributed by atoms with Gasteiger partial charge in [-0.1, -0.05) is 12.1 Å². The third-order valence-electron chi connectivity index (χ3n) is 5.31. The maximum absolute atomic E-state index is 12.5. The number of carbonyl (C=O) groups is 3. The number of aromatic carboxylic acids is 2. The van der Waals surface area contributed by atoms with Crippen LogP contribution < -0.4 is 5.32 Å². The number of aliphatic imine (C=N–C) groups is 1. The van der Waals surface area contributed by atoms with Gasteiger partial charge in [-0.3, -0.25) is 4.79 Å². The van der Waals surface area contributed by atoms with Gasteiger partial charge >= 0.3 is 11.9 Å². The van der Waals surface area contributed by atoms with Crippen molar-refractivity contribution < 1.29 is 24.6 Å². The van der Waals surface area contributed by atoms with Crippen LogP contribution in [0.15, 0.2) is 58.4 Å². The highest BCUT2D eigenvalue weighted by Crippen LogP contribution is 2.31. The Morgan fingerprint density at radius 3 is 2.29 bits per heavy atom. The smallest absolute Gasteiger partial charge is 0.335 e. The normalized spacial score (nSPS) is 15.7. The van der Waals surface area contributed by atoms with E-state index in [9.17, 15) is 24.6 Å². The van der Waals surface area contributed by atoms with Crippen molar-refractivity contribution in [3.8, 4) is 5.69 Å². The molecule has 9 heteroatoms. The molecule has 0 atom stereocenters. The summed E-state index contributed by atoms with van der Waals surface area (Å²) in [6, 6.07) is 13.5. The first kappa shape index (κ1) is 23.1. The molecule has 2 aromatic carbocycles. The van der Waals surface area contributed by atoms with Crippen LogP contribution in [0.1, 0.15) is 43.2 Å². The molecule has 1 aliphatic heterocycles. The lowest BCUT2D eigenvalue weighted by Gasteiger charge is -2.12. The molecule has 34 heavy (non-hydrogen) atoms. The zero-order valence-electron chi connectivity index (χ0n) is 18.6. The SMILES string of the molecule is Cc1cccc(N=C2NC(=O)/C(=C/c3cc(C)n(-c4cc(C(=O)O)cc(C(=O)O)c4)c3C)S2)c1. The van der Waals surface area contributed by atoms with Gasteiger partial charge in [0.05, 0.1) is 21.7 Å². The van der Waals surface area contributed by atoms with Crippen molar-refractivity contribution in [1.82, 2.24) is 9.88 Å². The first-order valence-corrected chi connectivity index (χ1v) is 11.1. The predicted molar refractivity (Wildman–Crippen MR) is 131 cm³/mol. The summed E-state index contributed by atoms with van der Waals surface area (Å²) in [6.45, 7) is 5.62. The van der Waals surface area contributed by atoms with Crippen molar-refractivity contribution in [3.63, 3.8) is 0 Å². The number of nitrogens with one attached hydrogen (secondary N) is 1. The van der Waals surface area contributed by atoms with E-state index in [-0.39, 0.29) is 17.0 Å². The maximum atomic E-state index is 12.5. The number of thioether (sulfide) groups is 1. The van der Waals surface area contributed by atoms with E-state index in [4.69, 9.17) is 0 Å². The number of carboxylic acids is 2. The van der Waals surface area contributed by atoms with E-state index in [0.717, 1.165) is 34.3 Å². The molecule has 8 nitrogen and oxygen atoms in total. The van der Waals surface area contributed by atoms with Crippen LogP contribution in [0.4, 0.5) is 5.69 Å². The number of hydrogen-bond donors (Lipinski definition) is 3. The number of aryl methyl sites for hydroxylation is 2. The fourth-order valence-electron chi connectivity index (χ4n) is 3.75. The first-order valence-electron chi connectivity index (χ1n) is 10.3. The van der Waals surface area contributed by atoms with E-state index in [1.165, 1.54) is 23.9 Å². The number of carboxylic acid groups (broad SMARTS) is 2. The molecule has 1 fully saturated rings. The average molecular weight is 476 g/mol. The first-order chi connectivity index (χ1) is 16.1. The summed E-state index contributed by atoms with van der Waals surface area (Å²) in [4.78, 5) is 40.5. The molecule has 1 aliphatic rings. The van der Waals surface area contributed by atoms with Crippen molar-refractivity contribution in [2.24, 2.45) is 4.99 Å². The Labute approximate surface area is 199 Å². The Morgan fingerprint density at radius 2 is 1.68 bits per heavy atom. The lowest BCUT2D eigenvalue weighted by Crippen LogP contribution is -2.19. The Hall–Kier alpha value is -4.11. The minimum absolute atomic E-state index is 0.120. The molecule has 3 N–H and O–H groups in total. The summed E-state index contributed by atoms with van der Waals surface area (Å²) in [7, 11) is 0. The molecule has 0 saturated carbocycles. The van der Waals surface area contributed by atoms with Crippen molar-refractivity contribution in [1.29, 1.82) is 0 Å². The van der Waals surface area contributed by atoms with Gasteiger partial charge in [0.1, 0.15) is 0 Å². The highest BCUT2D eigenvalue weighted by Gasteiger charge is 2.25. The fourth-order valence-corrected chi connectivity index (χ4v) is 4.59. The van der Waals surface area contributed by atoms with Gasteiger partial charge in [-0.15, -0.1) is 0 Å². The summed E-state index contributed by atoms with van der Waals surface area (Å²) in [5, 5.41) is 22.1. The molecule has 3 aromatic rings. The van der Waals surface area contributed by atoms with Gasteiger partial charge < -0.3 is 20.1 Å². The molecular formula is C25H21N3O5S. The van der Waals surface area contributed by atoms with Gasteiger partial charge in [0.25, 0.3) is 5.91 Å². The van der Waals surface area contributed by atoms with Crippen LogP contribution in [0.2, 0.25) is 0 Å². The van der Waals surface area contributed by atoms with Gasteiger partial charge in [-0.25, -0.2) is 14.6 Å². The second-order valence-electron chi connectivity index (χ2n) is 7.86. The van der Waals surface area contributed by atoms with E-state index in [1.807, 2.05) is 51.1 Å². The number of amidine groups is 1. The van der Waals surface area contributed by atoms with Gasteiger partial charge in [0.2, 0.25) is 0 Å². The third-order valence-corrected chi connectivity index (χ3v) is 6.22. The number of amides is 1. The van der Waals surface area contributed by atoms with Crippen LogP contribution in [0.25, 0.3) is 11.8 Å². The molecule has 0 aliphatic carbocycles. The summed E-state index contributed by atoms with van der Waals surface area (Å²) < 4.78 is 1.77. The largest absolute Gasteiger partial charge is 0.478 e. The molecule has 1 aromatic heterocycles. The van der Waals surface area contributed by atoms with Crippen LogP contribution >= 0.6 is 11.8 Å². The number of carbonyl (C=O) groups excluding carboxylic acids is 1. The van der Waals surface area contributed by atoms with E-state index in [0.29, 0.717) is 15.8 Å².